The van der Waals surface area contributed by atoms with Gasteiger partial charge in [0.05, 0.1) is 6.54 Å². The van der Waals surface area contributed by atoms with Crippen molar-refractivity contribution in [3.05, 3.63) is 0 Å². The van der Waals surface area contributed by atoms with Crippen LogP contribution < -0.4 is 10.6 Å². The minimum absolute atomic E-state index is 0. The van der Waals surface area contributed by atoms with Gasteiger partial charge in [0, 0.05) is 19.1 Å². The normalized spacial score (nSPS) is 16.8. The monoisotopic (exact) mass is 396 g/mol. The third-order valence-electron chi connectivity index (χ3n) is 3.68. The molecule has 1 fully saturated rings. The molecule has 4 nitrogen and oxygen atoms in total. The summed E-state index contributed by atoms with van der Waals surface area (Å²) in [5, 5.41) is 6.76. The largest absolute Gasteiger partial charge is 0.357 e. The fourth-order valence-corrected chi connectivity index (χ4v) is 2.32. The van der Waals surface area contributed by atoms with E-state index in [0.717, 1.165) is 31.5 Å². The minimum atomic E-state index is 0. The van der Waals surface area contributed by atoms with Crippen LogP contribution in [0.3, 0.4) is 0 Å². The summed E-state index contributed by atoms with van der Waals surface area (Å²) >= 11 is 0. The SMILES string of the molecule is CCCCCNC(=NCC(C1CC1)N(C)C)NCC.I. The van der Waals surface area contributed by atoms with Crippen molar-refractivity contribution in [2.75, 3.05) is 33.7 Å². The molecule has 1 aliphatic carbocycles. The van der Waals surface area contributed by atoms with Crippen LogP contribution in [0.1, 0.15) is 46.0 Å². The molecule has 0 heterocycles. The van der Waals surface area contributed by atoms with Gasteiger partial charge >= 0.3 is 0 Å². The molecular weight excluding hydrogens is 363 g/mol. The number of unbranched alkanes of at least 4 members (excludes halogenated alkanes) is 2. The number of likely N-dealkylation sites (N-methyl/N-ethyl adjacent to an activating group) is 1. The lowest BCUT2D eigenvalue weighted by Gasteiger charge is -2.22. The van der Waals surface area contributed by atoms with Crippen molar-refractivity contribution in [2.45, 2.75) is 52.0 Å². The lowest BCUT2D eigenvalue weighted by atomic mass is 10.2. The van der Waals surface area contributed by atoms with Gasteiger partial charge in [0.1, 0.15) is 0 Å². The quantitative estimate of drug-likeness (QED) is 0.273. The molecule has 120 valence electrons. The van der Waals surface area contributed by atoms with Gasteiger partial charge in [-0.3, -0.25) is 4.99 Å². The van der Waals surface area contributed by atoms with E-state index in [1.807, 2.05) is 0 Å². The van der Waals surface area contributed by atoms with Gasteiger partial charge in [-0.15, -0.1) is 24.0 Å². The molecule has 1 saturated carbocycles. The molecule has 0 amide bonds. The second kappa shape index (κ2) is 11.6. The number of guanidine groups is 1. The van der Waals surface area contributed by atoms with Crippen molar-refractivity contribution in [3.8, 4) is 0 Å². The van der Waals surface area contributed by atoms with Crippen LogP contribution in [0.4, 0.5) is 0 Å². The van der Waals surface area contributed by atoms with Crippen molar-refractivity contribution < 1.29 is 0 Å². The second-order valence-electron chi connectivity index (χ2n) is 5.72. The summed E-state index contributed by atoms with van der Waals surface area (Å²) in [6, 6.07) is 0.603. The molecule has 5 heteroatoms. The van der Waals surface area contributed by atoms with Crippen LogP contribution in [0, 0.1) is 5.92 Å². The average Bonchev–Trinajstić information content (AvgIpc) is 3.18. The fourth-order valence-electron chi connectivity index (χ4n) is 2.32. The molecule has 0 aromatic carbocycles. The van der Waals surface area contributed by atoms with E-state index in [9.17, 15) is 0 Å². The summed E-state index contributed by atoms with van der Waals surface area (Å²) in [5.74, 6) is 1.84. The van der Waals surface area contributed by atoms with Crippen LogP contribution in [0.15, 0.2) is 4.99 Å². The number of halogens is 1. The average molecular weight is 396 g/mol. The molecule has 1 aliphatic rings. The van der Waals surface area contributed by atoms with Crippen molar-refractivity contribution in [1.29, 1.82) is 0 Å². The number of rotatable bonds is 9. The molecular formula is C15H33IN4. The molecule has 0 radical (unpaired) electrons. The zero-order valence-corrected chi connectivity index (χ0v) is 15.9. The Hall–Kier alpha value is -0.0400. The molecule has 0 spiro atoms. The van der Waals surface area contributed by atoms with E-state index in [4.69, 9.17) is 4.99 Å². The highest BCUT2D eigenvalue weighted by Crippen LogP contribution is 2.34. The second-order valence-corrected chi connectivity index (χ2v) is 5.72. The fraction of sp³-hybridized carbons (Fsp3) is 0.933. The molecule has 0 saturated heterocycles. The zero-order chi connectivity index (χ0) is 14.1. The molecule has 0 bridgehead atoms. The van der Waals surface area contributed by atoms with E-state index < -0.39 is 0 Å². The number of hydrogen-bond donors (Lipinski definition) is 2. The molecule has 0 aromatic heterocycles. The summed E-state index contributed by atoms with van der Waals surface area (Å²) in [6.45, 7) is 7.20. The number of nitrogens with one attached hydrogen (secondary N) is 2. The highest BCUT2D eigenvalue weighted by atomic mass is 127. The van der Waals surface area contributed by atoms with Crippen LogP contribution in [0.5, 0.6) is 0 Å². The highest BCUT2D eigenvalue weighted by Gasteiger charge is 2.32. The molecule has 0 aromatic rings. The van der Waals surface area contributed by atoms with E-state index in [0.29, 0.717) is 6.04 Å². The van der Waals surface area contributed by atoms with Gasteiger partial charge in [-0.25, -0.2) is 0 Å². The predicted molar refractivity (Wildman–Crippen MR) is 99.1 cm³/mol. The van der Waals surface area contributed by atoms with E-state index in [-0.39, 0.29) is 24.0 Å². The Morgan fingerprint density at radius 3 is 2.40 bits per heavy atom. The Morgan fingerprint density at radius 1 is 1.20 bits per heavy atom. The Kier molecular flexibility index (Phi) is 11.6. The van der Waals surface area contributed by atoms with Crippen LogP contribution in [-0.2, 0) is 0 Å². The zero-order valence-electron chi connectivity index (χ0n) is 13.6. The molecule has 20 heavy (non-hydrogen) atoms. The molecule has 2 N–H and O–H groups in total. The van der Waals surface area contributed by atoms with Gasteiger partial charge in [-0.1, -0.05) is 19.8 Å². The van der Waals surface area contributed by atoms with Crippen LogP contribution in [0.2, 0.25) is 0 Å². The third-order valence-corrected chi connectivity index (χ3v) is 3.68. The topological polar surface area (TPSA) is 39.7 Å². The van der Waals surface area contributed by atoms with Gasteiger partial charge in [-0.2, -0.15) is 0 Å². The minimum Gasteiger partial charge on any atom is -0.357 e. The van der Waals surface area contributed by atoms with Gasteiger partial charge in [0.2, 0.25) is 0 Å². The van der Waals surface area contributed by atoms with E-state index in [1.165, 1.54) is 32.1 Å². The highest BCUT2D eigenvalue weighted by molar-refractivity contribution is 14.0. The first-order valence-electron chi connectivity index (χ1n) is 7.87. The maximum atomic E-state index is 4.75. The van der Waals surface area contributed by atoms with Crippen molar-refractivity contribution >= 4 is 29.9 Å². The van der Waals surface area contributed by atoms with Crippen molar-refractivity contribution in [1.82, 2.24) is 15.5 Å². The first-order chi connectivity index (χ1) is 9.19. The van der Waals surface area contributed by atoms with Gasteiger partial charge in [0.25, 0.3) is 0 Å². The summed E-state index contributed by atoms with van der Waals surface area (Å²) in [6.07, 6.45) is 6.52. The van der Waals surface area contributed by atoms with E-state index in [1.54, 1.807) is 0 Å². The third kappa shape index (κ3) is 8.29. The predicted octanol–water partition coefficient (Wildman–Crippen LogP) is 2.69. The Labute approximate surface area is 142 Å². The number of nitrogens with zero attached hydrogens (tertiary/aromatic N) is 2. The lowest BCUT2D eigenvalue weighted by Crippen LogP contribution is -2.40. The van der Waals surface area contributed by atoms with Gasteiger partial charge in [-0.05, 0) is 46.2 Å². The first-order valence-corrected chi connectivity index (χ1v) is 7.87. The Balaban J connectivity index is 0.00000361. The maximum absolute atomic E-state index is 4.75. The first kappa shape index (κ1) is 20.0. The molecule has 1 rings (SSSR count). The van der Waals surface area contributed by atoms with Crippen LogP contribution in [-0.4, -0.2) is 50.6 Å². The standard InChI is InChI=1S/C15H32N4.HI/c1-5-7-8-11-17-15(16-6-2)18-12-14(19(3)4)13-9-10-13;/h13-14H,5-12H2,1-4H3,(H2,16,17,18);1H. The van der Waals surface area contributed by atoms with E-state index >= 15 is 0 Å². The Bertz CT molecular complexity index is 263. The van der Waals surface area contributed by atoms with Gasteiger partial charge in [0.15, 0.2) is 5.96 Å². The summed E-state index contributed by atoms with van der Waals surface area (Å²) < 4.78 is 0. The number of hydrogen-bond acceptors (Lipinski definition) is 2. The lowest BCUT2D eigenvalue weighted by molar-refractivity contribution is 0.271. The summed E-state index contributed by atoms with van der Waals surface area (Å²) in [5.41, 5.74) is 0. The van der Waals surface area contributed by atoms with E-state index in [2.05, 4.69) is 43.5 Å². The molecule has 1 atom stereocenters. The van der Waals surface area contributed by atoms with Crippen LogP contribution >= 0.6 is 24.0 Å². The maximum Gasteiger partial charge on any atom is 0.191 e. The van der Waals surface area contributed by atoms with Crippen molar-refractivity contribution in [3.63, 3.8) is 0 Å². The van der Waals surface area contributed by atoms with Gasteiger partial charge < -0.3 is 15.5 Å². The van der Waals surface area contributed by atoms with Crippen molar-refractivity contribution in [2.24, 2.45) is 10.9 Å². The smallest absolute Gasteiger partial charge is 0.191 e. The summed E-state index contributed by atoms with van der Waals surface area (Å²) in [7, 11) is 4.33. The molecule has 0 aliphatic heterocycles. The molecule has 1 unspecified atom stereocenters. The number of aliphatic imine (C=N–C) groups is 1. The Morgan fingerprint density at radius 2 is 1.90 bits per heavy atom. The summed E-state index contributed by atoms with van der Waals surface area (Å²) in [4.78, 5) is 7.07. The van der Waals surface area contributed by atoms with Crippen LogP contribution in [0.25, 0.3) is 0 Å².